The highest BCUT2D eigenvalue weighted by Gasteiger charge is 2.18. The lowest BCUT2D eigenvalue weighted by molar-refractivity contribution is 0.271. The zero-order valence-electron chi connectivity index (χ0n) is 21.4. The van der Waals surface area contributed by atoms with Crippen LogP contribution >= 0.6 is 11.6 Å². The minimum absolute atomic E-state index is 0.518. The Morgan fingerprint density at radius 1 is 0.946 bits per heavy atom. The Kier molecular flexibility index (Phi) is 6.62. The lowest BCUT2D eigenvalue weighted by atomic mass is 9.97. The molecule has 5 aromatic rings. The number of aromatic nitrogens is 2. The van der Waals surface area contributed by atoms with Gasteiger partial charge in [-0.2, -0.15) is 0 Å². The SMILES string of the molecule is Cc1cc(C)cc(-c2cnc3cc(Cl)c(-c4ccc5[nH]ccc5c4)cc3c2OCC[C@H]2CCCCN2)c1. The number of aromatic amines is 1. The highest BCUT2D eigenvalue weighted by Crippen LogP contribution is 2.41. The molecule has 1 atom stereocenters. The molecule has 1 fully saturated rings. The number of pyridine rings is 1. The number of halogens is 1. The van der Waals surface area contributed by atoms with Gasteiger partial charge in [0.15, 0.2) is 0 Å². The number of rotatable bonds is 6. The first-order valence-electron chi connectivity index (χ1n) is 13.2. The van der Waals surface area contributed by atoms with Crippen LogP contribution in [0.3, 0.4) is 0 Å². The average Bonchev–Trinajstić information content (AvgIpc) is 3.36. The fourth-order valence-electron chi connectivity index (χ4n) is 5.60. The molecule has 188 valence electrons. The summed E-state index contributed by atoms with van der Waals surface area (Å²) in [5.74, 6) is 0.881. The molecule has 0 bridgehead atoms. The molecule has 1 aliphatic heterocycles. The van der Waals surface area contributed by atoms with Crippen LogP contribution in [0.25, 0.3) is 44.1 Å². The first-order chi connectivity index (χ1) is 18.0. The van der Waals surface area contributed by atoms with Gasteiger partial charge >= 0.3 is 0 Å². The number of hydrogen-bond donors (Lipinski definition) is 2. The van der Waals surface area contributed by atoms with Crippen molar-refractivity contribution in [1.29, 1.82) is 0 Å². The molecule has 2 N–H and O–H groups in total. The highest BCUT2D eigenvalue weighted by molar-refractivity contribution is 6.34. The molecule has 1 saturated heterocycles. The van der Waals surface area contributed by atoms with Crippen molar-refractivity contribution in [2.75, 3.05) is 13.2 Å². The van der Waals surface area contributed by atoms with E-state index in [0.717, 1.165) is 62.8 Å². The van der Waals surface area contributed by atoms with Gasteiger partial charge in [0.1, 0.15) is 5.75 Å². The molecule has 5 heteroatoms. The van der Waals surface area contributed by atoms with Gasteiger partial charge in [-0.3, -0.25) is 4.98 Å². The van der Waals surface area contributed by atoms with E-state index >= 15 is 0 Å². The maximum Gasteiger partial charge on any atom is 0.138 e. The van der Waals surface area contributed by atoms with Gasteiger partial charge in [-0.15, -0.1) is 0 Å². The van der Waals surface area contributed by atoms with Crippen molar-refractivity contribution >= 4 is 33.4 Å². The Labute approximate surface area is 223 Å². The summed E-state index contributed by atoms with van der Waals surface area (Å²) in [6, 6.07) is 19.7. The first-order valence-corrected chi connectivity index (χ1v) is 13.6. The largest absolute Gasteiger partial charge is 0.492 e. The van der Waals surface area contributed by atoms with Crippen LogP contribution in [0.4, 0.5) is 0 Å². The van der Waals surface area contributed by atoms with Crippen LogP contribution in [0.15, 0.2) is 67.0 Å². The molecule has 0 amide bonds. The van der Waals surface area contributed by atoms with Crippen LogP contribution in [0.1, 0.15) is 36.8 Å². The monoisotopic (exact) mass is 509 g/mol. The molecule has 4 nitrogen and oxygen atoms in total. The number of benzene rings is 3. The summed E-state index contributed by atoms with van der Waals surface area (Å²) in [6.07, 6.45) is 8.65. The van der Waals surface area contributed by atoms with Gasteiger partial charge in [0.25, 0.3) is 0 Å². The Balaban J connectivity index is 1.46. The van der Waals surface area contributed by atoms with E-state index in [4.69, 9.17) is 21.3 Å². The number of aryl methyl sites for hydroxylation is 2. The third-order valence-electron chi connectivity index (χ3n) is 7.43. The molecular weight excluding hydrogens is 478 g/mol. The summed E-state index contributed by atoms with van der Waals surface area (Å²) >= 11 is 6.82. The predicted octanol–water partition coefficient (Wildman–Crippen LogP) is 8.23. The number of nitrogens with zero attached hydrogens (tertiary/aromatic N) is 1. The Hall–Kier alpha value is -3.34. The molecule has 3 heterocycles. The topological polar surface area (TPSA) is 49.9 Å². The maximum absolute atomic E-state index is 6.82. The second-order valence-electron chi connectivity index (χ2n) is 10.3. The molecule has 6 rings (SSSR count). The van der Waals surface area contributed by atoms with Crippen LogP contribution in [0.5, 0.6) is 5.75 Å². The lowest BCUT2D eigenvalue weighted by Crippen LogP contribution is -2.35. The summed E-state index contributed by atoms with van der Waals surface area (Å²) in [5, 5.41) is 6.48. The molecule has 0 radical (unpaired) electrons. The summed E-state index contributed by atoms with van der Waals surface area (Å²) in [5.41, 5.74) is 8.61. The number of piperidine rings is 1. The van der Waals surface area contributed by atoms with Crippen molar-refractivity contribution in [2.24, 2.45) is 0 Å². The van der Waals surface area contributed by atoms with E-state index in [0.29, 0.717) is 17.7 Å². The standard InChI is InChI=1S/C32H32ClN3O/c1-20-13-21(2)15-24(14-20)28-19-36-31-18-29(33)26(22-6-7-30-23(16-22)8-11-35-30)17-27(31)32(28)37-12-9-25-5-3-4-10-34-25/h6-8,11,13-19,25,34-35H,3-5,9-10,12H2,1-2H3/t25-/m1/s1. The van der Waals surface area contributed by atoms with Crippen molar-refractivity contribution in [3.8, 4) is 28.0 Å². The molecule has 0 spiro atoms. The van der Waals surface area contributed by atoms with Gasteiger partial charge in [-0.25, -0.2) is 0 Å². The molecule has 3 aromatic carbocycles. The van der Waals surface area contributed by atoms with Crippen molar-refractivity contribution in [3.63, 3.8) is 0 Å². The van der Waals surface area contributed by atoms with E-state index in [-0.39, 0.29) is 0 Å². The van der Waals surface area contributed by atoms with E-state index in [2.05, 4.69) is 72.7 Å². The van der Waals surface area contributed by atoms with Crippen molar-refractivity contribution in [2.45, 2.75) is 45.6 Å². The fraction of sp³-hybridized carbons (Fsp3) is 0.281. The van der Waals surface area contributed by atoms with Crippen LogP contribution in [0, 0.1) is 13.8 Å². The first kappa shape index (κ1) is 24.0. The van der Waals surface area contributed by atoms with Gasteiger partial charge in [-0.05, 0) is 86.5 Å². The molecule has 2 aromatic heterocycles. The smallest absolute Gasteiger partial charge is 0.138 e. The Morgan fingerprint density at radius 2 is 1.81 bits per heavy atom. The lowest BCUT2D eigenvalue weighted by Gasteiger charge is -2.24. The third-order valence-corrected chi connectivity index (χ3v) is 7.74. The third kappa shape index (κ3) is 4.96. The number of ether oxygens (including phenoxy) is 1. The van der Waals surface area contributed by atoms with Gasteiger partial charge in [-0.1, -0.05) is 53.4 Å². The van der Waals surface area contributed by atoms with Crippen LogP contribution in [-0.4, -0.2) is 29.2 Å². The van der Waals surface area contributed by atoms with Gasteiger partial charge in [0, 0.05) is 40.5 Å². The number of hydrogen-bond acceptors (Lipinski definition) is 3. The second kappa shape index (κ2) is 10.2. The quantitative estimate of drug-likeness (QED) is 0.242. The number of nitrogens with one attached hydrogen (secondary N) is 2. The molecular formula is C32H32ClN3O. The Morgan fingerprint density at radius 3 is 2.62 bits per heavy atom. The van der Waals surface area contributed by atoms with E-state index in [1.54, 1.807) is 0 Å². The van der Waals surface area contributed by atoms with E-state index in [9.17, 15) is 0 Å². The van der Waals surface area contributed by atoms with Gasteiger partial charge in [0.05, 0.1) is 17.1 Å². The van der Waals surface area contributed by atoms with Crippen LogP contribution in [-0.2, 0) is 0 Å². The fourth-order valence-corrected chi connectivity index (χ4v) is 5.86. The van der Waals surface area contributed by atoms with E-state index in [1.807, 2.05) is 18.5 Å². The maximum atomic E-state index is 6.82. The van der Waals surface area contributed by atoms with Gasteiger partial charge in [0.2, 0.25) is 0 Å². The van der Waals surface area contributed by atoms with E-state index < -0.39 is 0 Å². The zero-order chi connectivity index (χ0) is 25.4. The normalized spacial score (nSPS) is 15.9. The predicted molar refractivity (Wildman–Crippen MR) is 155 cm³/mol. The van der Waals surface area contributed by atoms with Crippen molar-refractivity contribution in [1.82, 2.24) is 15.3 Å². The molecule has 0 aliphatic carbocycles. The van der Waals surface area contributed by atoms with Crippen molar-refractivity contribution < 1.29 is 4.74 Å². The molecule has 1 aliphatic rings. The van der Waals surface area contributed by atoms with Crippen LogP contribution < -0.4 is 10.1 Å². The Bertz CT molecular complexity index is 1560. The average molecular weight is 510 g/mol. The number of fused-ring (bicyclic) bond motifs is 2. The highest BCUT2D eigenvalue weighted by atomic mass is 35.5. The summed E-state index contributed by atoms with van der Waals surface area (Å²) in [6.45, 7) is 6.02. The molecule has 0 saturated carbocycles. The minimum atomic E-state index is 0.518. The minimum Gasteiger partial charge on any atom is -0.492 e. The van der Waals surface area contributed by atoms with Crippen molar-refractivity contribution in [3.05, 3.63) is 83.1 Å². The van der Waals surface area contributed by atoms with Gasteiger partial charge < -0.3 is 15.0 Å². The summed E-state index contributed by atoms with van der Waals surface area (Å²) in [7, 11) is 0. The second-order valence-corrected chi connectivity index (χ2v) is 10.7. The summed E-state index contributed by atoms with van der Waals surface area (Å²) < 4.78 is 6.65. The van der Waals surface area contributed by atoms with Crippen LogP contribution in [0.2, 0.25) is 5.02 Å². The molecule has 37 heavy (non-hydrogen) atoms. The van der Waals surface area contributed by atoms with E-state index in [1.165, 1.54) is 30.4 Å². The molecule has 0 unspecified atom stereocenters. The zero-order valence-corrected chi connectivity index (χ0v) is 22.2. The number of H-pyrrole nitrogens is 1. The summed E-state index contributed by atoms with van der Waals surface area (Å²) in [4.78, 5) is 8.10.